The molecule has 190 valence electrons. The Morgan fingerprint density at radius 1 is 0.971 bits per heavy atom. The van der Waals surface area contributed by atoms with Crippen molar-refractivity contribution in [2.75, 3.05) is 18.4 Å². The molecule has 1 aliphatic heterocycles. The molecule has 2 aromatic carbocycles. The third-order valence-corrected chi connectivity index (χ3v) is 7.25. The van der Waals surface area contributed by atoms with Gasteiger partial charge < -0.3 is 10.1 Å². The smallest absolute Gasteiger partial charge is 0.311 e. The Labute approximate surface area is 200 Å². The van der Waals surface area contributed by atoms with Crippen molar-refractivity contribution in [3.63, 3.8) is 0 Å². The molecule has 0 spiro atoms. The van der Waals surface area contributed by atoms with Crippen molar-refractivity contribution >= 4 is 27.6 Å². The van der Waals surface area contributed by atoms with Crippen LogP contribution in [0.3, 0.4) is 0 Å². The number of rotatable bonds is 5. The van der Waals surface area contributed by atoms with E-state index >= 15 is 0 Å². The Bertz CT molecular complexity index is 1230. The summed E-state index contributed by atoms with van der Waals surface area (Å²) in [4.78, 5) is 23.8. The lowest BCUT2D eigenvalue weighted by atomic mass is 9.97. The minimum absolute atomic E-state index is 0.0333. The standard InChI is InChI=1S/C23H24F4N2O5S/c1-23(2,3)22(31)34-15-6-8-29(9-7-15)35(32,33)19-10-13(4-5-16(19)24)21(30)28-14-11-17(25)20(27)18(26)12-14/h4-5,10-12,15H,6-9H2,1-3H3,(H,28,30). The number of nitrogens with one attached hydrogen (secondary N) is 1. The normalized spacial score (nSPS) is 15.6. The lowest BCUT2D eigenvalue weighted by molar-refractivity contribution is -0.160. The van der Waals surface area contributed by atoms with Crippen LogP contribution in [-0.2, 0) is 19.6 Å². The number of piperidine rings is 1. The van der Waals surface area contributed by atoms with Crippen LogP contribution in [0.2, 0.25) is 0 Å². The first-order valence-corrected chi connectivity index (χ1v) is 12.1. The summed E-state index contributed by atoms with van der Waals surface area (Å²) >= 11 is 0. The van der Waals surface area contributed by atoms with Gasteiger partial charge in [-0.2, -0.15) is 4.31 Å². The first kappa shape index (κ1) is 26.6. The molecule has 7 nitrogen and oxygen atoms in total. The molecule has 12 heteroatoms. The lowest BCUT2D eigenvalue weighted by Gasteiger charge is -2.32. The number of amides is 1. The van der Waals surface area contributed by atoms with E-state index in [2.05, 4.69) is 5.32 Å². The molecule has 35 heavy (non-hydrogen) atoms. The lowest BCUT2D eigenvalue weighted by Crippen LogP contribution is -2.42. The average Bonchev–Trinajstić information content (AvgIpc) is 2.77. The van der Waals surface area contributed by atoms with E-state index in [4.69, 9.17) is 4.74 Å². The second kappa shape index (κ2) is 9.94. The minimum Gasteiger partial charge on any atom is -0.462 e. The first-order chi connectivity index (χ1) is 16.2. The average molecular weight is 517 g/mol. The van der Waals surface area contributed by atoms with Crippen molar-refractivity contribution in [2.45, 2.75) is 44.6 Å². The Morgan fingerprint density at radius 2 is 1.54 bits per heavy atom. The van der Waals surface area contributed by atoms with E-state index in [9.17, 15) is 35.6 Å². The minimum atomic E-state index is -4.35. The first-order valence-electron chi connectivity index (χ1n) is 10.7. The molecule has 1 saturated heterocycles. The maximum atomic E-state index is 14.5. The van der Waals surface area contributed by atoms with Crippen molar-refractivity contribution in [3.8, 4) is 0 Å². The van der Waals surface area contributed by atoms with Crippen LogP contribution in [0.4, 0.5) is 23.2 Å². The molecule has 0 bridgehead atoms. The molecule has 0 atom stereocenters. The molecule has 0 unspecified atom stereocenters. The third kappa shape index (κ3) is 5.99. The maximum absolute atomic E-state index is 14.5. The van der Waals surface area contributed by atoms with Crippen molar-refractivity contribution in [1.82, 2.24) is 4.31 Å². The summed E-state index contributed by atoms with van der Waals surface area (Å²) in [6.45, 7) is 5.03. The van der Waals surface area contributed by atoms with Gasteiger partial charge in [-0.3, -0.25) is 9.59 Å². The van der Waals surface area contributed by atoms with Gasteiger partial charge in [-0.1, -0.05) is 0 Å². The van der Waals surface area contributed by atoms with Crippen LogP contribution in [0.25, 0.3) is 0 Å². The summed E-state index contributed by atoms with van der Waals surface area (Å²) in [5, 5.41) is 2.12. The van der Waals surface area contributed by atoms with Crippen LogP contribution < -0.4 is 5.32 Å². The monoisotopic (exact) mass is 516 g/mol. The summed E-state index contributed by atoms with van der Waals surface area (Å²) in [7, 11) is -4.35. The Balaban J connectivity index is 1.75. The van der Waals surface area contributed by atoms with Crippen molar-refractivity contribution in [1.29, 1.82) is 0 Å². The molecule has 1 fully saturated rings. The Morgan fingerprint density at radius 3 is 2.09 bits per heavy atom. The number of hydrogen-bond donors (Lipinski definition) is 1. The fourth-order valence-corrected chi connectivity index (χ4v) is 4.89. The zero-order valence-corrected chi connectivity index (χ0v) is 20.0. The molecule has 1 amide bonds. The van der Waals surface area contributed by atoms with Crippen LogP contribution in [0, 0.1) is 28.7 Å². The summed E-state index contributed by atoms with van der Waals surface area (Å²) in [5.74, 6) is -7.26. The van der Waals surface area contributed by atoms with Gasteiger partial charge in [0.2, 0.25) is 10.0 Å². The van der Waals surface area contributed by atoms with Crippen molar-refractivity contribution in [3.05, 3.63) is 59.2 Å². The highest BCUT2D eigenvalue weighted by Gasteiger charge is 2.34. The van der Waals surface area contributed by atoms with Gasteiger partial charge in [0.15, 0.2) is 17.5 Å². The number of halogens is 4. The zero-order valence-electron chi connectivity index (χ0n) is 19.2. The molecule has 0 radical (unpaired) electrons. The van der Waals surface area contributed by atoms with Gasteiger partial charge in [0, 0.05) is 36.5 Å². The number of hydrogen-bond acceptors (Lipinski definition) is 5. The van der Waals surface area contributed by atoms with E-state index in [1.54, 1.807) is 20.8 Å². The topological polar surface area (TPSA) is 92.8 Å². The molecule has 1 N–H and O–H groups in total. The van der Waals surface area contributed by atoms with Gasteiger partial charge in [-0.15, -0.1) is 0 Å². The number of esters is 1. The van der Waals surface area contributed by atoms with Gasteiger partial charge in [0.25, 0.3) is 5.91 Å². The number of anilines is 1. The second-order valence-electron chi connectivity index (χ2n) is 9.11. The van der Waals surface area contributed by atoms with Gasteiger partial charge in [-0.05, 0) is 51.8 Å². The number of carbonyl (C=O) groups is 2. The van der Waals surface area contributed by atoms with E-state index in [0.29, 0.717) is 12.1 Å². The van der Waals surface area contributed by atoms with Crippen LogP contribution in [0.1, 0.15) is 44.0 Å². The van der Waals surface area contributed by atoms with Gasteiger partial charge in [-0.25, -0.2) is 26.0 Å². The number of sulfonamides is 1. The van der Waals surface area contributed by atoms with Gasteiger partial charge >= 0.3 is 5.97 Å². The third-order valence-electron chi connectivity index (χ3n) is 5.34. The Kier molecular flexibility index (Phi) is 7.56. The molecule has 0 aliphatic carbocycles. The Hall–Kier alpha value is -2.99. The molecule has 1 aliphatic rings. The number of benzene rings is 2. The highest BCUT2D eigenvalue weighted by atomic mass is 32.2. The van der Waals surface area contributed by atoms with E-state index in [1.165, 1.54) is 0 Å². The van der Waals surface area contributed by atoms with E-state index in [0.717, 1.165) is 22.5 Å². The quantitative estimate of drug-likeness (QED) is 0.365. The molecule has 3 rings (SSSR count). The molecule has 1 heterocycles. The largest absolute Gasteiger partial charge is 0.462 e. The fourth-order valence-electron chi connectivity index (χ4n) is 3.33. The molecule has 0 aromatic heterocycles. The van der Waals surface area contributed by atoms with Crippen LogP contribution in [-0.4, -0.2) is 43.8 Å². The summed E-state index contributed by atoms with van der Waals surface area (Å²) in [6, 6.07) is 3.69. The van der Waals surface area contributed by atoms with E-state index in [-0.39, 0.29) is 31.5 Å². The predicted octanol–water partition coefficient (Wildman–Crippen LogP) is 4.24. The van der Waals surface area contributed by atoms with Crippen molar-refractivity contribution < 1.29 is 40.3 Å². The number of nitrogens with zero attached hydrogens (tertiary/aromatic N) is 1. The van der Waals surface area contributed by atoms with E-state index in [1.807, 2.05) is 0 Å². The number of carbonyl (C=O) groups excluding carboxylic acids is 2. The highest BCUT2D eigenvalue weighted by Crippen LogP contribution is 2.27. The summed E-state index contributed by atoms with van der Waals surface area (Å²) in [6.07, 6.45) is -0.0543. The second-order valence-corrected chi connectivity index (χ2v) is 11.0. The predicted molar refractivity (Wildman–Crippen MR) is 118 cm³/mol. The van der Waals surface area contributed by atoms with Crippen LogP contribution in [0.15, 0.2) is 35.2 Å². The molecular formula is C23H24F4N2O5S. The summed E-state index contributed by atoms with van der Waals surface area (Å²) < 4.78 is 87.0. The highest BCUT2D eigenvalue weighted by molar-refractivity contribution is 7.89. The summed E-state index contributed by atoms with van der Waals surface area (Å²) in [5.41, 5.74) is -1.42. The van der Waals surface area contributed by atoms with Crippen LogP contribution in [0.5, 0.6) is 0 Å². The van der Waals surface area contributed by atoms with Gasteiger partial charge in [0.05, 0.1) is 5.41 Å². The van der Waals surface area contributed by atoms with Crippen molar-refractivity contribution in [2.24, 2.45) is 5.41 Å². The molecular weight excluding hydrogens is 492 g/mol. The number of ether oxygens (including phenoxy) is 1. The van der Waals surface area contributed by atoms with Crippen LogP contribution >= 0.6 is 0 Å². The maximum Gasteiger partial charge on any atom is 0.311 e. The van der Waals surface area contributed by atoms with Gasteiger partial charge in [0.1, 0.15) is 16.8 Å². The zero-order chi connectivity index (χ0) is 26.1. The van der Waals surface area contributed by atoms with E-state index < -0.39 is 67.3 Å². The fraction of sp³-hybridized carbons (Fsp3) is 0.391. The SMILES string of the molecule is CC(C)(C)C(=O)OC1CCN(S(=O)(=O)c2cc(C(=O)Nc3cc(F)c(F)c(F)c3)ccc2F)CC1. The molecule has 2 aromatic rings. The molecule has 0 saturated carbocycles.